The molecular formula is C22H31N3O10. The molecule has 1 atom stereocenters. The van der Waals surface area contributed by atoms with E-state index in [1.54, 1.807) is 6.92 Å². The van der Waals surface area contributed by atoms with Crippen molar-refractivity contribution in [1.29, 1.82) is 0 Å². The summed E-state index contributed by atoms with van der Waals surface area (Å²) in [7, 11) is 1.45. The highest BCUT2D eigenvalue weighted by Crippen LogP contribution is 2.38. The first-order chi connectivity index (χ1) is 16.7. The summed E-state index contributed by atoms with van der Waals surface area (Å²) in [6.45, 7) is 4.47. The van der Waals surface area contributed by atoms with Crippen LogP contribution in [0.1, 0.15) is 64.0 Å². The molecule has 2 N–H and O–H groups in total. The summed E-state index contributed by atoms with van der Waals surface area (Å²) in [4.78, 5) is 57.6. The number of methoxy groups -OCH3 is 1. The Labute approximate surface area is 202 Å². The largest absolute Gasteiger partial charge is 0.493 e. The summed E-state index contributed by atoms with van der Waals surface area (Å²) in [5.41, 5.74) is 5.44. The van der Waals surface area contributed by atoms with E-state index in [1.165, 1.54) is 19.2 Å². The number of hydroxylamine groups is 2. The molecule has 1 saturated heterocycles. The number of esters is 1. The number of hydrogen-bond donors (Lipinski definition) is 1. The Morgan fingerprint density at radius 3 is 2.40 bits per heavy atom. The van der Waals surface area contributed by atoms with Crippen LogP contribution >= 0.6 is 0 Å². The molecule has 1 unspecified atom stereocenters. The standard InChI is InChI=1S/C17H26N2O6.C5H5NO4/c1-4-5-9-24-16-11-14(19(21)22)13(10-15(16)23-3)12(2)25-17(20)7-6-8-18;7-3-10-6-4(8)1-2-5(6)9/h10-12H,4-9,18H2,1-3H3;3H,1-2H2. The van der Waals surface area contributed by atoms with Crippen molar-refractivity contribution in [1.82, 2.24) is 5.06 Å². The molecule has 1 aliphatic heterocycles. The van der Waals surface area contributed by atoms with Gasteiger partial charge in [-0.15, -0.1) is 5.06 Å². The average Bonchev–Trinajstić information content (AvgIpc) is 3.15. The molecule has 0 aromatic heterocycles. The second-order valence-corrected chi connectivity index (χ2v) is 7.33. The number of amides is 2. The van der Waals surface area contributed by atoms with Gasteiger partial charge in [0, 0.05) is 19.3 Å². The quantitative estimate of drug-likeness (QED) is 0.106. The lowest BCUT2D eigenvalue weighted by atomic mass is 10.1. The lowest BCUT2D eigenvalue weighted by molar-refractivity contribution is -0.386. The molecule has 1 fully saturated rings. The van der Waals surface area contributed by atoms with Crippen molar-refractivity contribution < 1.29 is 43.1 Å². The Morgan fingerprint density at radius 1 is 1.23 bits per heavy atom. The zero-order valence-electron chi connectivity index (χ0n) is 20.0. The summed E-state index contributed by atoms with van der Waals surface area (Å²) < 4.78 is 16.1. The summed E-state index contributed by atoms with van der Waals surface area (Å²) in [5, 5.41) is 11.9. The molecular weight excluding hydrogens is 466 g/mol. The number of unbranched alkanes of at least 4 members (excludes halogenated alkanes) is 1. The van der Waals surface area contributed by atoms with Gasteiger partial charge in [0.25, 0.3) is 17.5 Å². The number of hydrogen-bond acceptors (Lipinski definition) is 11. The van der Waals surface area contributed by atoms with E-state index < -0.39 is 28.8 Å². The molecule has 2 rings (SSSR count). The van der Waals surface area contributed by atoms with Crippen molar-refractivity contribution in [2.75, 3.05) is 20.3 Å². The summed E-state index contributed by atoms with van der Waals surface area (Å²) in [6.07, 6.45) is 1.92. The number of carbonyl (C=O) groups excluding carboxylic acids is 4. The smallest absolute Gasteiger partial charge is 0.321 e. The number of carbonyl (C=O) groups is 4. The maximum atomic E-state index is 11.8. The third-order valence-corrected chi connectivity index (χ3v) is 4.75. The number of rotatable bonds is 13. The van der Waals surface area contributed by atoms with Gasteiger partial charge in [0.05, 0.1) is 30.3 Å². The zero-order valence-corrected chi connectivity index (χ0v) is 20.0. The average molecular weight is 498 g/mol. The van der Waals surface area contributed by atoms with Crippen molar-refractivity contribution in [3.63, 3.8) is 0 Å². The minimum atomic E-state index is -0.788. The van der Waals surface area contributed by atoms with E-state index in [9.17, 15) is 29.3 Å². The number of imide groups is 1. The van der Waals surface area contributed by atoms with E-state index in [-0.39, 0.29) is 37.0 Å². The van der Waals surface area contributed by atoms with Gasteiger partial charge in [-0.05, 0) is 32.4 Å². The molecule has 2 amide bonds. The van der Waals surface area contributed by atoms with Crippen LogP contribution in [0.25, 0.3) is 0 Å². The highest BCUT2D eigenvalue weighted by atomic mass is 16.7. The highest BCUT2D eigenvalue weighted by molar-refractivity contribution is 6.01. The van der Waals surface area contributed by atoms with Crippen LogP contribution in [0.15, 0.2) is 12.1 Å². The Kier molecular flexibility index (Phi) is 12.7. The molecule has 0 bridgehead atoms. The van der Waals surface area contributed by atoms with Crippen molar-refractivity contribution in [3.8, 4) is 11.5 Å². The minimum Gasteiger partial charge on any atom is -0.493 e. The topological polar surface area (TPSA) is 178 Å². The highest BCUT2D eigenvalue weighted by Gasteiger charge is 2.30. The van der Waals surface area contributed by atoms with E-state index in [0.717, 1.165) is 12.8 Å². The second kappa shape index (κ2) is 15.2. The number of ether oxygens (including phenoxy) is 3. The first-order valence-corrected chi connectivity index (χ1v) is 11.0. The van der Waals surface area contributed by atoms with E-state index in [4.69, 9.17) is 19.9 Å². The van der Waals surface area contributed by atoms with E-state index >= 15 is 0 Å². The van der Waals surface area contributed by atoms with Crippen LogP contribution in [0.4, 0.5) is 5.69 Å². The molecule has 194 valence electrons. The predicted molar refractivity (Wildman–Crippen MR) is 121 cm³/mol. The Balaban J connectivity index is 0.000000507. The fraction of sp³-hybridized carbons (Fsp3) is 0.545. The van der Waals surface area contributed by atoms with E-state index in [0.29, 0.717) is 36.1 Å². The van der Waals surface area contributed by atoms with Crippen LogP contribution in [-0.4, -0.2) is 54.5 Å². The predicted octanol–water partition coefficient (Wildman–Crippen LogP) is 2.35. The third kappa shape index (κ3) is 9.20. The molecule has 13 nitrogen and oxygen atoms in total. The Morgan fingerprint density at radius 2 is 1.89 bits per heavy atom. The van der Waals surface area contributed by atoms with Gasteiger partial charge in [0.2, 0.25) is 0 Å². The van der Waals surface area contributed by atoms with Crippen LogP contribution in [0.5, 0.6) is 11.5 Å². The first kappa shape index (κ1) is 29.3. The van der Waals surface area contributed by atoms with Crippen LogP contribution in [0.3, 0.4) is 0 Å². The van der Waals surface area contributed by atoms with Gasteiger partial charge in [0.1, 0.15) is 6.10 Å². The summed E-state index contributed by atoms with van der Waals surface area (Å²) in [6, 6.07) is 2.80. The van der Waals surface area contributed by atoms with Crippen molar-refractivity contribution >= 4 is 29.9 Å². The van der Waals surface area contributed by atoms with Gasteiger partial charge >= 0.3 is 12.4 Å². The lowest BCUT2D eigenvalue weighted by Gasteiger charge is -2.17. The monoisotopic (exact) mass is 497 g/mol. The van der Waals surface area contributed by atoms with E-state index in [2.05, 4.69) is 4.84 Å². The van der Waals surface area contributed by atoms with Gasteiger partial charge in [0.15, 0.2) is 11.5 Å². The van der Waals surface area contributed by atoms with Crippen LogP contribution < -0.4 is 15.2 Å². The normalized spacial score (nSPS) is 13.4. The first-order valence-electron chi connectivity index (χ1n) is 11.0. The molecule has 13 heteroatoms. The third-order valence-electron chi connectivity index (χ3n) is 4.75. The molecule has 0 radical (unpaired) electrons. The summed E-state index contributed by atoms with van der Waals surface area (Å²) >= 11 is 0. The van der Waals surface area contributed by atoms with Crippen molar-refractivity contribution in [2.45, 2.75) is 58.5 Å². The van der Waals surface area contributed by atoms with Gasteiger partial charge in [-0.25, -0.2) is 0 Å². The Hall–Kier alpha value is -3.74. The fourth-order valence-electron chi connectivity index (χ4n) is 2.93. The molecule has 35 heavy (non-hydrogen) atoms. The minimum absolute atomic E-state index is 0.0567. The number of nitro benzene ring substituents is 1. The van der Waals surface area contributed by atoms with Crippen molar-refractivity contribution in [2.24, 2.45) is 5.73 Å². The van der Waals surface area contributed by atoms with Gasteiger partial charge in [-0.2, -0.15) is 0 Å². The fourth-order valence-corrected chi connectivity index (χ4v) is 2.93. The summed E-state index contributed by atoms with van der Waals surface area (Å²) in [5.74, 6) is -0.710. The van der Waals surface area contributed by atoms with E-state index in [1.807, 2.05) is 6.92 Å². The van der Waals surface area contributed by atoms with Gasteiger partial charge in [-0.1, -0.05) is 13.3 Å². The van der Waals surface area contributed by atoms with Crippen molar-refractivity contribution in [3.05, 3.63) is 27.8 Å². The second-order valence-electron chi connectivity index (χ2n) is 7.33. The van der Waals surface area contributed by atoms with Crippen LogP contribution in [-0.2, 0) is 28.8 Å². The molecule has 1 heterocycles. The molecule has 1 aromatic carbocycles. The van der Waals surface area contributed by atoms with Gasteiger partial charge < -0.3 is 24.8 Å². The molecule has 1 aromatic rings. The number of benzene rings is 1. The van der Waals surface area contributed by atoms with Crippen LogP contribution in [0, 0.1) is 10.1 Å². The maximum absolute atomic E-state index is 11.8. The number of nitro groups is 1. The zero-order chi connectivity index (χ0) is 26.4. The number of nitrogens with zero attached hydrogens (tertiary/aromatic N) is 2. The lowest BCUT2D eigenvalue weighted by Crippen LogP contribution is -2.28. The Bertz CT molecular complexity index is 890. The molecule has 0 saturated carbocycles. The molecule has 0 spiro atoms. The van der Waals surface area contributed by atoms with Crippen LogP contribution in [0.2, 0.25) is 0 Å². The SMILES string of the molecule is CCCCOc1cc([N+](=O)[O-])c(C(C)OC(=O)CCCN)cc1OC.O=CON1C(=O)CCC1=O. The molecule has 0 aliphatic carbocycles. The number of nitrogens with two attached hydrogens (primary N) is 1. The maximum Gasteiger partial charge on any atom is 0.321 e. The molecule has 1 aliphatic rings. The van der Waals surface area contributed by atoms with Gasteiger partial charge in [-0.3, -0.25) is 29.3 Å².